The van der Waals surface area contributed by atoms with Crippen molar-refractivity contribution in [1.82, 2.24) is 14.6 Å². The summed E-state index contributed by atoms with van der Waals surface area (Å²) in [7, 11) is 1.93. The molecule has 0 spiro atoms. The van der Waals surface area contributed by atoms with E-state index in [0.717, 1.165) is 32.4 Å². The van der Waals surface area contributed by atoms with Gasteiger partial charge in [-0.15, -0.1) is 0 Å². The van der Waals surface area contributed by atoms with Crippen LogP contribution in [0.4, 0.5) is 10.1 Å². The lowest BCUT2D eigenvalue weighted by Crippen LogP contribution is -2.44. The smallest absolute Gasteiger partial charge is 0.350 e. The summed E-state index contributed by atoms with van der Waals surface area (Å²) < 4.78 is 17.2. The number of nitrogens with zero attached hydrogens (tertiary/aromatic N) is 3. The number of benzene rings is 1. The zero-order valence-corrected chi connectivity index (χ0v) is 16.0. The molecule has 1 aliphatic heterocycles. The van der Waals surface area contributed by atoms with Crippen LogP contribution in [0.5, 0.6) is 0 Å². The van der Waals surface area contributed by atoms with Gasteiger partial charge in [-0.05, 0) is 52.1 Å². The summed E-state index contributed by atoms with van der Waals surface area (Å²) >= 11 is 0. The molecule has 0 unspecified atom stereocenters. The molecule has 2 atom stereocenters. The monoisotopic (exact) mass is 375 g/mol. The Morgan fingerprint density at radius 2 is 2.00 bits per heavy atom. The average Bonchev–Trinajstić information content (AvgIpc) is 3.37. The number of aryl methyl sites for hydroxylation is 1. The van der Waals surface area contributed by atoms with Gasteiger partial charge in [-0.2, -0.15) is 4.68 Å². The van der Waals surface area contributed by atoms with E-state index in [1.54, 1.807) is 11.5 Å². The molecular formula is C19H26FN5O2. The van der Waals surface area contributed by atoms with Crippen molar-refractivity contribution >= 4 is 16.6 Å². The first-order valence-corrected chi connectivity index (χ1v) is 9.52. The van der Waals surface area contributed by atoms with Gasteiger partial charge in [-0.25, -0.2) is 9.18 Å². The Bertz CT molecular complexity index is 1020. The van der Waals surface area contributed by atoms with Crippen molar-refractivity contribution in [2.45, 2.75) is 45.2 Å². The van der Waals surface area contributed by atoms with Crippen LogP contribution in [0.25, 0.3) is 10.9 Å². The average molecular weight is 375 g/mol. The number of nitrogens with two attached hydrogens (primary N) is 1. The number of nitrogens with one attached hydrogen (secondary N) is 1. The van der Waals surface area contributed by atoms with E-state index in [4.69, 9.17) is 5.84 Å². The Labute approximate surface area is 156 Å². The van der Waals surface area contributed by atoms with E-state index in [-0.39, 0.29) is 11.4 Å². The highest BCUT2D eigenvalue weighted by Crippen LogP contribution is 2.39. The van der Waals surface area contributed by atoms with Gasteiger partial charge in [0.05, 0.1) is 16.6 Å². The Morgan fingerprint density at radius 3 is 2.63 bits per heavy atom. The number of hydrogen-bond acceptors (Lipinski definition) is 5. The van der Waals surface area contributed by atoms with Crippen molar-refractivity contribution in [3.05, 3.63) is 38.3 Å². The second-order valence-corrected chi connectivity index (χ2v) is 7.86. The van der Waals surface area contributed by atoms with Gasteiger partial charge in [0, 0.05) is 30.7 Å². The van der Waals surface area contributed by atoms with Crippen LogP contribution in [0.1, 0.15) is 37.8 Å². The van der Waals surface area contributed by atoms with Gasteiger partial charge in [0.1, 0.15) is 5.82 Å². The highest BCUT2D eigenvalue weighted by Gasteiger charge is 2.33. The predicted octanol–water partition coefficient (Wildman–Crippen LogP) is 1.09. The number of aromatic nitrogens is 2. The van der Waals surface area contributed by atoms with Crippen molar-refractivity contribution < 1.29 is 4.39 Å². The van der Waals surface area contributed by atoms with Gasteiger partial charge in [0.15, 0.2) is 0 Å². The molecule has 1 aliphatic carbocycles. The molecule has 0 bridgehead atoms. The van der Waals surface area contributed by atoms with Gasteiger partial charge < -0.3 is 16.1 Å². The van der Waals surface area contributed by atoms with E-state index in [2.05, 4.69) is 12.2 Å². The topological polar surface area (TPSA) is 85.3 Å². The van der Waals surface area contributed by atoms with Gasteiger partial charge in [-0.3, -0.25) is 9.36 Å². The molecule has 2 fully saturated rings. The van der Waals surface area contributed by atoms with Crippen molar-refractivity contribution in [1.29, 1.82) is 0 Å². The second kappa shape index (κ2) is 6.37. The molecule has 3 N–H and O–H groups in total. The van der Waals surface area contributed by atoms with Gasteiger partial charge >= 0.3 is 5.69 Å². The van der Waals surface area contributed by atoms with Crippen LogP contribution < -0.4 is 27.3 Å². The quantitative estimate of drug-likeness (QED) is 0.782. The molecule has 2 heterocycles. The number of rotatable bonds is 4. The van der Waals surface area contributed by atoms with Crippen molar-refractivity contribution in [3.8, 4) is 0 Å². The summed E-state index contributed by atoms with van der Waals surface area (Å²) in [5.74, 6) is 5.66. The summed E-state index contributed by atoms with van der Waals surface area (Å²) in [5.41, 5.74) is 0.485. The maximum Gasteiger partial charge on any atom is 0.350 e. The third-order valence-corrected chi connectivity index (χ3v) is 6.18. The van der Waals surface area contributed by atoms with E-state index in [1.807, 2.05) is 11.9 Å². The van der Waals surface area contributed by atoms with Crippen molar-refractivity contribution in [2.75, 3.05) is 30.9 Å². The molecule has 1 saturated heterocycles. The minimum atomic E-state index is -0.649. The minimum Gasteiger partial charge on any atom is -0.369 e. The lowest BCUT2D eigenvalue weighted by molar-refractivity contribution is 0.428. The Kier molecular flexibility index (Phi) is 4.25. The highest BCUT2D eigenvalue weighted by molar-refractivity contribution is 5.87. The van der Waals surface area contributed by atoms with E-state index in [1.165, 1.54) is 6.07 Å². The van der Waals surface area contributed by atoms with Crippen LogP contribution in [-0.4, -0.2) is 35.4 Å². The van der Waals surface area contributed by atoms with E-state index in [0.29, 0.717) is 33.4 Å². The van der Waals surface area contributed by atoms with Crippen LogP contribution in [0, 0.1) is 18.7 Å². The molecule has 2 aromatic rings. The zero-order valence-electron chi connectivity index (χ0n) is 16.0. The van der Waals surface area contributed by atoms with Crippen LogP contribution in [0.2, 0.25) is 0 Å². The maximum absolute atomic E-state index is 15.1. The third kappa shape index (κ3) is 2.74. The van der Waals surface area contributed by atoms with Crippen LogP contribution in [0.3, 0.4) is 0 Å². The molecule has 0 radical (unpaired) electrons. The summed E-state index contributed by atoms with van der Waals surface area (Å²) in [6.45, 7) is 5.43. The molecule has 27 heavy (non-hydrogen) atoms. The van der Waals surface area contributed by atoms with E-state index < -0.39 is 17.1 Å². The number of nitrogen functional groups attached to an aromatic ring is 1. The molecule has 4 rings (SSSR count). The molecule has 2 aliphatic rings. The predicted molar refractivity (Wildman–Crippen MR) is 104 cm³/mol. The minimum absolute atomic E-state index is 0.0306. The van der Waals surface area contributed by atoms with Crippen LogP contribution in [0.15, 0.2) is 15.7 Å². The Hall–Kier alpha value is -2.35. The first-order chi connectivity index (χ1) is 12.8. The maximum atomic E-state index is 15.1. The first kappa shape index (κ1) is 18.0. The molecule has 146 valence electrons. The lowest BCUT2D eigenvalue weighted by atomic mass is 10.0. The molecule has 1 saturated carbocycles. The number of halogens is 1. The van der Waals surface area contributed by atoms with Crippen LogP contribution >= 0.6 is 0 Å². The van der Waals surface area contributed by atoms with Crippen molar-refractivity contribution in [3.63, 3.8) is 0 Å². The summed E-state index contributed by atoms with van der Waals surface area (Å²) in [4.78, 5) is 27.2. The first-order valence-electron chi connectivity index (χ1n) is 9.52. The largest absolute Gasteiger partial charge is 0.369 e. The standard InChI is InChI=1S/C19H26FN5O2/c1-10-16-14(18(26)25(21)19(27)24(16)13-4-5-13)8-15(20)17(10)23-7-6-12(9-23)11(2)22-3/h8,11-13,22H,4-7,9,21H2,1-3H3/t11-,12+/m1/s1. The fraction of sp³-hybridized carbons (Fsp3) is 0.579. The number of hydrogen-bond donors (Lipinski definition) is 2. The molecule has 0 amide bonds. The number of anilines is 1. The SMILES string of the molecule is CN[C@H](C)[C@H]1CCN(c2c(F)cc3c(=O)n(N)c(=O)n(C4CC4)c3c2C)C1. The Morgan fingerprint density at radius 1 is 1.30 bits per heavy atom. The fourth-order valence-corrected chi connectivity index (χ4v) is 4.35. The van der Waals surface area contributed by atoms with Crippen molar-refractivity contribution in [2.24, 2.45) is 5.92 Å². The molecular weight excluding hydrogens is 349 g/mol. The fourth-order valence-electron chi connectivity index (χ4n) is 4.35. The zero-order chi connectivity index (χ0) is 19.5. The van der Waals surface area contributed by atoms with Crippen LogP contribution in [-0.2, 0) is 0 Å². The molecule has 1 aromatic heterocycles. The molecule has 8 heteroatoms. The molecule has 7 nitrogen and oxygen atoms in total. The second-order valence-electron chi connectivity index (χ2n) is 7.86. The lowest BCUT2D eigenvalue weighted by Gasteiger charge is -2.25. The van der Waals surface area contributed by atoms with Gasteiger partial charge in [0.25, 0.3) is 5.56 Å². The molecule has 1 aromatic carbocycles. The Balaban J connectivity index is 1.91. The summed E-state index contributed by atoms with van der Waals surface area (Å²) in [5, 5.41) is 3.44. The normalized spacial score (nSPS) is 21.2. The highest BCUT2D eigenvalue weighted by atomic mass is 19.1. The van der Waals surface area contributed by atoms with E-state index >= 15 is 4.39 Å². The van der Waals surface area contributed by atoms with Gasteiger partial charge in [0.2, 0.25) is 0 Å². The van der Waals surface area contributed by atoms with Gasteiger partial charge in [-0.1, -0.05) is 0 Å². The van der Waals surface area contributed by atoms with E-state index in [9.17, 15) is 9.59 Å². The number of fused-ring (bicyclic) bond motifs is 1. The summed E-state index contributed by atoms with van der Waals surface area (Å²) in [6.07, 6.45) is 2.70. The third-order valence-electron chi connectivity index (χ3n) is 6.18. The summed E-state index contributed by atoms with van der Waals surface area (Å²) in [6, 6.07) is 1.62.